The van der Waals surface area contributed by atoms with Crippen LogP contribution in [0.4, 0.5) is 5.69 Å². The van der Waals surface area contributed by atoms with Crippen molar-refractivity contribution in [2.24, 2.45) is 0 Å². The van der Waals surface area contributed by atoms with E-state index in [0.717, 1.165) is 29.1 Å². The molecule has 2 N–H and O–H groups in total. The zero-order chi connectivity index (χ0) is 20.5. The van der Waals surface area contributed by atoms with Gasteiger partial charge in [-0.2, -0.15) is 0 Å². The second kappa shape index (κ2) is 8.08. The van der Waals surface area contributed by atoms with Crippen molar-refractivity contribution < 1.29 is 4.79 Å². The average molecular weight is 428 g/mol. The fraction of sp³-hybridized carbons (Fsp3) is 0.286. The van der Waals surface area contributed by atoms with E-state index in [2.05, 4.69) is 27.9 Å². The van der Waals surface area contributed by atoms with Crippen molar-refractivity contribution in [1.29, 1.82) is 0 Å². The number of aryl methyl sites for hydroxylation is 3. The molecule has 0 saturated heterocycles. The van der Waals surface area contributed by atoms with E-state index < -0.39 is 5.25 Å². The number of amides is 1. The number of anilines is 1. The van der Waals surface area contributed by atoms with Crippen LogP contribution >= 0.6 is 23.4 Å². The minimum absolute atomic E-state index is 0.0852. The summed E-state index contributed by atoms with van der Waals surface area (Å²) in [5.41, 5.74) is 7.53. The van der Waals surface area contributed by atoms with Gasteiger partial charge in [0.15, 0.2) is 5.82 Å². The van der Waals surface area contributed by atoms with Gasteiger partial charge in [-0.15, -0.1) is 10.2 Å². The lowest BCUT2D eigenvalue weighted by Gasteiger charge is -2.33. The van der Waals surface area contributed by atoms with Gasteiger partial charge in [-0.25, -0.2) is 4.68 Å². The topological polar surface area (TPSA) is 71.8 Å². The maximum Gasteiger partial charge on any atom is 0.240 e. The normalized spacial score (nSPS) is 18.1. The second-order valence-electron chi connectivity index (χ2n) is 7.07. The highest BCUT2D eigenvalue weighted by molar-refractivity contribution is 8.00. The van der Waals surface area contributed by atoms with Gasteiger partial charge in [0.05, 0.1) is 6.04 Å². The molecule has 0 spiro atoms. The third kappa shape index (κ3) is 3.97. The molecule has 1 aliphatic heterocycles. The average Bonchev–Trinajstić information content (AvgIpc) is 3.12. The van der Waals surface area contributed by atoms with E-state index in [-0.39, 0.29) is 11.9 Å². The Balaban J connectivity index is 1.66. The van der Waals surface area contributed by atoms with Crippen LogP contribution in [0.3, 0.4) is 0 Å². The molecule has 8 heteroatoms. The number of halogens is 1. The molecule has 0 bridgehead atoms. The highest BCUT2D eigenvalue weighted by atomic mass is 35.5. The Kier molecular flexibility index (Phi) is 5.52. The van der Waals surface area contributed by atoms with Gasteiger partial charge in [-0.3, -0.25) is 4.79 Å². The molecule has 0 fully saturated rings. The lowest BCUT2D eigenvalue weighted by Crippen LogP contribution is -2.41. The van der Waals surface area contributed by atoms with E-state index >= 15 is 0 Å². The number of fused-ring (bicyclic) bond motifs is 1. The van der Waals surface area contributed by atoms with Gasteiger partial charge >= 0.3 is 0 Å². The van der Waals surface area contributed by atoms with Crippen LogP contribution in [0.2, 0.25) is 5.02 Å². The van der Waals surface area contributed by atoms with Crippen molar-refractivity contribution in [2.75, 3.05) is 10.7 Å². The van der Waals surface area contributed by atoms with Crippen molar-refractivity contribution in [3.63, 3.8) is 0 Å². The summed E-state index contributed by atoms with van der Waals surface area (Å²) in [5.74, 6) is 0.748. The Labute approximate surface area is 179 Å². The molecule has 2 heterocycles. The number of hydrogen-bond donors (Lipinski definition) is 2. The predicted molar refractivity (Wildman–Crippen MR) is 117 cm³/mol. The zero-order valence-electron chi connectivity index (χ0n) is 16.4. The summed E-state index contributed by atoms with van der Waals surface area (Å²) in [7, 11) is 0. The molecule has 1 aliphatic rings. The summed E-state index contributed by atoms with van der Waals surface area (Å²) in [6.07, 6.45) is 0.743. The van der Waals surface area contributed by atoms with Crippen LogP contribution in [-0.2, 0) is 11.2 Å². The van der Waals surface area contributed by atoms with Crippen LogP contribution in [0.25, 0.3) is 0 Å². The summed E-state index contributed by atoms with van der Waals surface area (Å²) in [4.78, 5) is 13.2. The number of aromatic nitrogens is 3. The number of nitrogens with one attached hydrogen (secondary N) is 2. The fourth-order valence-corrected chi connectivity index (χ4v) is 4.51. The van der Waals surface area contributed by atoms with E-state index in [1.165, 1.54) is 17.3 Å². The van der Waals surface area contributed by atoms with E-state index in [1.807, 2.05) is 61.0 Å². The zero-order valence-corrected chi connectivity index (χ0v) is 18.0. The van der Waals surface area contributed by atoms with E-state index in [1.54, 1.807) is 0 Å². The fourth-order valence-electron chi connectivity index (χ4n) is 3.28. The molecule has 3 aromatic rings. The van der Waals surface area contributed by atoms with Gasteiger partial charge in [-0.05, 0) is 54.8 Å². The van der Waals surface area contributed by atoms with E-state index in [0.29, 0.717) is 10.2 Å². The molecule has 6 nitrogen and oxygen atoms in total. The molecule has 2 atom stereocenters. The van der Waals surface area contributed by atoms with Gasteiger partial charge in [0.2, 0.25) is 11.1 Å². The minimum atomic E-state index is -0.417. The summed E-state index contributed by atoms with van der Waals surface area (Å²) < 4.78 is 1.88. The number of benzene rings is 2. The lowest BCUT2D eigenvalue weighted by molar-refractivity contribution is -0.116. The largest absolute Gasteiger partial charge is 0.325 e. The maximum absolute atomic E-state index is 13.2. The van der Waals surface area contributed by atoms with E-state index in [9.17, 15) is 4.79 Å². The molecule has 1 aromatic heterocycles. The van der Waals surface area contributed by atoms with Crippen molar-refractivity contribution >= 4 is 35.0 Å². The second-order valence-corrected chi connectivity index (χ2v) is 8.62. The third-order valence-electron chi connectivity index (χ3n) is 5.08. The molecule has 1 amide bonds. The maximum atomic E-state index is 13.2. The Morgan fingerprint density at radius 2 is 1.93 bits per heavy atom. The number of nitrogens with zero attached hydrogens (tertiary/aromatic N) is 3. The molecule has 0 saturated carbocycles. The molecule has 2 aromatic carbocycles. The number of carbonyl (C=O) groups excluding carboxylic acids is 1. The minimum Gasteiger partial charge on any atom is -0.325 e. The Morgan fingerprint density at radius 3 is 2.62 bits per heavy atom. The highest BCUT2D eigenvalue weighted by Crippen LogP contribution is 2.38. The van der Waals surface area contributed by atoms with Gasteiger partial charge in [-0.1, -0.05) is 48.5 Å². The number of carbonyl (C=O) groups is 1. The first-order chi connectivity index (χ1) is 14.0. The number of hydrogen-bond acceptors (Lipinski definition) is 5. The number of thioether (sulfide) groups is 1. The van der Waals surface area contributed by atoms with Crippen LogP contribution in [0, 0.1) is 13.8 Å². The van der Waals surface area contributed by atoms with Crippen molar-refractivity contribution in [3.8, 4) is 0 Å². The van der Waals surface area contributed by atoms with Gasteiger partial charge in [0.25, 0.3) is 0 Å². The van der Waals surface area contributed by atoms with Crippen molar-refractivity contribution in [3.05, 3.63) is 70.0 Å². The van der Waals surface area contributed by atoms with Crippen LogP contribution in [0.15, 0.2) is 47.6 Å². The summed E-state index contributed by atoms with van der Waals surface area (Å²) >= 11 is 7.48. The molecule has 0 radical (unpaired) electrons. The van der Waals surface area contributed by atoms with Crippen molar-refractivity contribution in [1.82, 2.24) is 14.9 Å². The first kappa shape index (κ1) is 19.8. The van der Waals surface area contributed by atoms with Crippen molar-refractivity contribution in [2.45, 2.75) is 43.6 Å². The molecular formula is C21H22ClN5OS. The van der Waals surface area contributed by atoms with E-state index in [4.69, 9.17) is 11.6 Å². The smallest absolute Gasteiger partial charge is 0.240 e. The van der Waals surface area contributed by atoms with Gasteiger partial charge in [0.1, 0.15) is 5.25 Å². The molecule has 150 valence electrons. The standard InChI is InChI=1S/C21H22ClN5OS/c1-4-17-24-25-21-27(17)26-18(14-6-8-15(22)9-7-14)19(29-21)20(28)23-16-10-5-12(2)13(3)11-16/h5-11,18-19,26H,4H2,1-3H3,(H,23,28)/t18-,19+/m0/s1. The van der Waals surface area contributed by atoms with Crippen LogP contribution in [0.1, 0.15) is 35.5 Å². The SMILES string of the molecule is CCc1nnc2n1N[C@@H](c1ccc(Cl)cc1)[C@H](C(=O)Nc1ccc(C)c(C)c1)S2. The molecule has 0 unspecified atom stereocenters. The Hall–Kier alpha value is -2.51. The quantitative estimate of drug-likeness (QED) is 0.641. The van der Waals surface area contributed by atoms with Crippen LogP contribution in [-0.4, -0.2) is 26.0 Å². The molecule has 0 aliphatic carbocycles. The first-order valence-electron chi connectivity index (χ1n) is 9.47. The molecule has 29 heavy (non-hydrogen) atoms. The Morgan fingerprint density at radius 1 is 1.17 bits per heavy atom. The third-order valence-corrected chi connectivity index (χ3v) is 6.55. The molecule has 4 rings (SSSR count). The predicted octanol–water partition coefficient (Wildman–Crippen LogP) is 4.51. The number of rotatable bonds is 4. The van der Waals surface area contributed by atoms with Crippen LogP contribution in [0.5, 0.6) is 0 Å². The Bertz CT molecular complexity index is 1050. The summed E-state index contributed by atoms with van der Waals surface area (Å²) in [5, 5.41) is 12.5. The molecular weight excluding hydrogens is 406 g/mol. The van der Waals surface area contributed by atoms with Crippen LogP contribution < -0.4 is 10.7 Å². The van der Waals surface area contributed by atoms with Gasteiger partial charge < -0.3 is 10.7 Å². The summed E-state index contributed by atoms with van der Waals surface area (Å²) in [6.45, 7) is 6.11. The lowest BCUT2D eigenvalue weighted by atomic mass is 10.0. The highest BCUT2D eigenvalue weighted by Gasteiger charge is 2.37. The monoisotopic (exact) mass is 427 g/mol. The summed E-state index contributed by atoms with van der Waals surface area (Å²) in [6, 6.07) is 13.2. The first-order valence-corrected chi connectivity index (χ1v) is 10.7. The van der Waals surface area contributed by atoms with Gasteiger partial charge in [0, 0.05) is 17.1 Å².